The number of halogens is 1. The van der Waals surface area contributed by atoms with Crippen molar-refractivity contribution in [2.24, 2.45) is 15.9 Å². The van der Waals surface area contributed by atoms with E-state index in [1.807, 2.05) is 60.7 Å². The van der Waals surface area contributed by atoms with Crippen LogP contribution in [0.3, 0.4) is 0 Å². The Bertz CT molecular complexity index is 1060. The first kappa shape index (κ1) is 19.9. The molecule has 3 aromatic rings. The fourth-order valence-corrected chi connectivity index (χ4v) is 2.56. The van der Waals surface area contributed by atoms with E-state index in [2.05, 4.69) is 20.4 Å². The number of hydrazone groups is 1. The first-order valence-corrected chi connectivity index (χ1v) is 8.99. The fourth-order valence-electron chi connectivity index (χ4n) is 2.35. The lowest BCUT2D eigenvalue weighted by Gasteiger charge is -2.07. The zero-order valence-electron chi connectivity index (χ0n) is 15.3. The number of hydrogen-bond acceptors (Lipinski definition) is 7. The van der Waals surface area contributed by atoms with Gasteiger partial charge >= 0.3 is 0 Å². The summed E-state index contributed by atoms with van der Waals surface area (Å²) in [4.78, 5) is 8.25. The van der Waals surface area contributed by atoms with Crippen LogP contribution in [0.2, 0.25) is 5.15 Å². The lowest BCUT2D eigenvalue weighted by Crippen LogP contribution is -2.17. The smallest absolute Gasteiger partial charge is 0.144 e. The van der Waals surface area contributed by atoms with Crippen molar-refractivity contribution < 1.29 is 4.74 Å². The normalized spacial score (nSPS) is 11.2. The number of anilines is 1. The van der Waals surface area contributed by atoms with Crippen molar-refractivity contribution in [3.05, 3.63) is 77.6 Å². The maximum absolute atomic E-state index is 8.95. The average Bonchev–Trinajstić information content (AvgIpc) is 2.75. The van der Waals surface area contributed by atoms with Gasteiger partial charge in [0.15, 0.2) is 0 Å². The van der Waals surface area contributed by atoms with E-state index in [0.717, 1.165) is 11.4 Å². The summed E-state index contributed by atoms with van der Waals surface area (Å²) in [6.07, 6.45) is 1.56. The Labute approximate surface area is 173 Å². The average molecular weight is 405 g/mol. The van der Waals surface area contributed by atoms with Crippen LogP contribution in [-0.4, -0.2) is 23.5 Å². The van der Waals surface area contributed by atoms with Gasteiger partial charge in [-0.15, -0.1) is 0 Å². The number of hydrogen-bond donors (Lipinski definition) is 2. The van der Waals surface area contributed by atoms with Crippen molar-refractivity contribution in [3.63, 3.8) is 0 Å². The van der Waals surface area contributed by atoms with E-state index in [1.165, 1.54) is 0 Å². The zero-order chi connectivity index (χ0) is 20.5. The maximum Gasteiger partial charge on any atom is 0.144 e. The molecule has 0 unspecified atom stereocenters. The van der Waals surface area contributed by atoms with Gasteiger partial charge in [-0.3, -0.25) is 4.99 Å². The Hall–Kier alpha value is -3.89. The van der Waals surface area contributed by atoms with E-state index >= 15 is 0 Å². The first-order valence-electron chi connectivity index (χ1n) is 8.61. The molecule has 2 aromatic carbocycles. The lowest BCUT2D eigenvalue weighted by atomic mass is 10.3. The van der Waals surface area contributed by atoms with E-state index in [0.29, 0.717) is 23.7 Å². The molecule has 0 aliphatic carbocycles. The summed E-state index contributed by atoms with van der Waals surface area (Å²) < 4.78 is 5.75. The summed E-state index contributed by atoms with van der Waals surface area (Å²) in [5.41, 5.74) is 2.10. The standard InChI is InChI=1S/C21H17ClN6O/c22-21-11-16(10-17(12-23)27-21)26-14-18(28-24)13-25-15-6-8-20(9-7-15)29-19-4-2-1-3-5-19/h1-11,13H,14,24H2,(H,26,27)/b25-13?,28-18+. The Morgan fingerprint density at radius 2 is 1.86 bits per heavy atom. The second-order valence-electron chi connectivity index (χ2n) is 5.82. The first-order chi connectivity index (χ1) is 14.2. The molecule has 7 nitrogen and oxygen atoms in total. The predicted molar refractivity (Wildman–Crippen MR) is 115 cm³/mol. The number of ether oxygens (including phenoxy) is 1. The van der Waals surface area contributed by atoms with E-state index in [-0.39, 0.29) is 10.8 Å². The molecule has 0 spiro atoms. The Balaban J connectivity index is 1.59. The van der Waals surface area contributed by atoms with E-state index in [4.69, 9.17) is 27.4 Å². The maximum atomic E-state index is 8.95. The quantitative estimate of drug-likeness (QED) is 0.260. The van der Waals surface area contributed by atoms with Crippen LogP contribution in [0.1, 0.15) is 5.69 Å². The van der Waals surface area contributed by atoms with Crippen LogP contribution in [0.4, 0.5) is 11.4 Å². The number of nitrogens with two attached hydrogens (primary N) is 1. The molecule has 0 saturated carbocycles. The molecule has 1 heterocycles. The molecule has 0 fully saturated rings. The number of benzene rings is 2. The van der Waals surface area contributed by atoms with Crippen molar-refractivity contribution in [3.8, 4) is 17.6 Å². The van der Waals surface area contributed by atoms with Crippen LogP contribution >= 0.6 is 11.6 Å². The van der Waals surface area contributed by atoms with E-state index in [1.54, 1.807) is 18.3 Å². The second kappa shape index (κ2) is 9.88. The minimum atomic E-state index is 0.220. The second-order valence-corrected chi connectivity index (χ2v) is 6.20. The van der Waals surface area contributed by atoms with Gasteiger partial charge in [-0.1, -0.05) is 29.8 Å². The third-order valence-corrected chi connectivity index (χ3v) is 3.92. The van der Waals surface area contributed by atoms with Crippen LogP contribution in [0.15, 0.2) is 76.8 Å². The molecule has 0 aliphatic rings. The van der Waals surface area contributed by atoms with Gasteiger partial charge in [-0.05, 0) is 48.5 Å². The van der Waals surface area contributed by atoms with Crippen LogP contribution < -0.4 is 15.9 Å². The van der Waals surface area contributed by atoms with Crippen LogP contribution in [0.25, 0.3) is 0 Å². The van der Waals surface area contributed by atoms with E-state index < -0.39 is 0 Å². The summed E-state index contributed by atoms with van der Waals surface area (Å²) in [6.45, 7) is 0.306. The molecular weight excluding hydrogens is 388 g/mol. The van der Waals surface area contributed by atoms with Gasteiger partial charge in [-0.25, -0.2) is 4.98 Å². The van der Waals surface area contributed by atoms with Gasteiger partial charge in [0, 0.05) is 5.69 Å². The Morgan fingerprint density at radius 1 is 1.14 bits per heavy atom. The number of rotatable bonds is 7. The number of aliphatic imine (C=N–C) groups is 1. The van der Waals surface area contributed by atoms with Crippen molar-refractivity contribution in [2.75, 3.05) is 11.9 Å². The molecule has 0 radical (unpaired) electrons. The molecule has 144 valence electrons. The minimum absolute atomic E-state index is 0.220. The Kier molecular flexibility index (Phi) is 6.76. The van der Waals surface area contributed by atoms with E-state index in [9.17, 15) is 0 Å². The number of nitrogens with one attached hydrogen (secondary N) is 1. The summed E-state index contributed by atoms with van der Waals surface area (Å²) >= 11 is 5.89. The fraction of sp³-hybridized carbons (Fsp3) is 0.0476. The number of para-hydroxylation sites is 1. The molecule has 3 N–H and O–H groups in total. The highest BCUT2D eigenvalue weighted by Crippen LogP contribution is 2.23. The summed E-state index contributed by atoms with van der Waals surface area (Å²) in [5, 5.41) is 16.0. The molecule has 0 atom stereocenters. The van der Waals surface area contributed by atoms with Gasteiger partial charge in [0.05, 0.1) is 24.2 Å². The number of aromatic nitrogens is 1. The van der Waals surface area contributed by atoms with Crippen LogP contribution in [0, 0.1) is 11.3 Å². The lowest BCUT2D eigenvalue weighted by molar-refractivity contribution is 0.483. The topological polar surface area (TPSA) is 109 Å². The van der Waals surface area contributed by atoms with Crippen LogP contribution in [-0.2, 0) is 0 Å². The van der Waals surface area contributed by atoms with Gasteiger partial charge in [0.25, 0.3) is 0 Å². The van der Waals surface area contributed by atoms with Crippen molar-refractivity contribution in [1.82, 2.24) is 4.98 Å². The summed E-state index contributed by atoms with van der Waals surface area (Å²) in [7, 11) is 0. The van der Waals surface area contributed by atoms with Crippen LogP contribution in [0.5, 0.6) is 11.5 Å². The monoisotopic (exact) mass is 404 g/mol. The molecule has 0 saturated heterocycles. The molecule has 29 heavy (non-hydrogen) atoms. The number of nitrogens with zero attached hydrogens (tertiary/aromatic N) is 4. The van der Waals surface area contributed by atoms with Crippen molar-refractivity contribution in [2.45, 2.75) is 0 Å². The molecule has 0 amide bonds. The molecule has 0 bridgehead atoms. The third-order valence-electron chi connectivity index (χ3n) is 3.73. The largest absolute Gasteiger partial charge is 0.457 e. The van der Waals surface area contributed by atoms with Crippen molar-refractivity contribution >= 4 is 34.9 Å². The predicted octanol–water partition coefficient (Wildman–Crippen LogP) is 4.53. The number of pyridine rings is 1. The van der Waals surface area contributed by atoms with Gasteiger partial charge in [-0.2, -0.15) is 10.4 Å². The van der Waals surface area contributed by atoms with Crippen molar-refractivity contribution in [1.29, 1.82) is 5.26 Å². The Morgan fingerprint density at radius 3 is 2.55 bits per heavy atom. The molecule has 0 aliphatic heterocycles. The summed E-state index contributed by atoms with van der Waals surface area (Å²) in [5.74, 6) is 6.93. The molecule has 8 heteroatoms. The minimum Gasteiger partial charge on any atom is -0.457 e. The third kappa shape index (κ3) is 6.06. The van der Waals surface area contributed by atoms with Gasteiger partial charge in [0.2, 0.25) is 0 Å². The zero-order valence-corrected chi connectivity index (χ0v) is 16.0. The molecular formula is C21H17ClN6O. The highest BCUT2D eigenvalue weighted by molar-refractivity contribution is 6.32. The molecule has 1 aromatic heterocycles. The van der Waals surface area contributed by atoms with Gasteiger partial charge < -0.3 is 15.9 Å². The van der Waals surface area contributed by atoms with Gasteiger partial charge in [0.1, 0.15) is 28.4 Å². The highest BCUT2D eigenvalue weighted by Gasteiger charge is 2.03. The highest BCUT2D eigenvalue weighted by atomic mass is 35.5. The number of nitriles is 1. The molecule has 3 rings (SSSR count). The SMILES string of the molecule is N#Cc1cc(NC/C(C=Nc2ccc(Oc3ccccc3)cc2)=N/N)cc(Cl)n1. The summed E-state index contributed by atoms with van der Waals surface area (Å²) in [6, 6.07) is 22.0.